The average Bonchev–Trinajstić information content (AvgIpc) is 2.93. The monoisotopic (exact) mass is 460 g/mol. The number of thioether (sulfide) groups is 1. The molecule has 4 nitrogen and oxygen atoms in total. The number of rotatable bonds is 5. The van der Waals surface area contributed by atoms with Crippen LogP contribution in [0, 0.1) is 17.8 Å². The number of nitrogens with one attached hydrogen (secondary N) is 1. The van der Waals surface area contributed by atoms with Gasteiger partial charge in [-0.1, -0.05) is 53.8 Å². The summed E-state index contributed by atoms with van der Waals surface area (Å²) in [4.78, 5) is 27.7. The summed E-state index contributed by atoms with van der Waals surface area (Å²) in [5.74, 6) is 2.27. The SMILES string of the molecule is O=C(CCN1C(=O)/C(=C/c2ccccc2Cl)SC1=S)NC12CC3CC(CC(C3)C1)C2. The Kier molecular flexibility index (Phi) is 5.44. The number of halogens is 1. The van der Waals surface area contributed by atoms with Crippen LogP contribution in [0.1, 0.15) is 50.5 Å². The van der Waals surface area contributed by atoms with E-state index in [2.05, 4.69) is 5.32 Å². The van der Waals surface area contributed by atoms with E-state index in [1.165, 1.54) is 31.0 Å². The second-order valence-electron chi connectivity index (χ2n) is 9.35. The molecule has 158 valence electrons. The fraction of sp³-hybridized carbons (Fsp3) is 0.522. The van der Waals surface area contributed by atoms with Crippen molar-refractivity contribution in [2.24, 2.45) is 17.8 Å². The first-order valence-corrected chi connectivity index (χ1v) is 12.3. The van der Waals surface area contributed by atoms with Gasteiger partial charge in [0.15, 0.2) is 0 Å². The highest BCUT2D eigenvalue weighted by atomic mass is 35.5. The van der Waals surface area contributed by atoms with Gasteiger partial charge in [-0.05, 0) is 74.0 Å². The Morgan fingerprint density at radius 2 is 1.83 bits per heavy atom. The Morgan fingerprint density at radius 1 is 1.20 bits per heavy atom. The third-order valence-corrected chi connectivity index (χ3v) is 8.79. The van der Waals surface area contributed by atoms with Crippen molar-refractivity contribution >= 4 is 57.8 Å². The summed E-state index contributed by atoms with van der Waals surface area (Å²) < 4.78 is 0.501. The van der Waals surface area contributed by atoms with Gasteiger partial charge in [0.25, 0.3) is 5.91 Å². The number of benzene rings is 1. The first-order valence-electron chi connectivity index (χ1n) is 10.7. The van der Waals surface area contributed by atoms with E-state index in [1.807, 2.05) is 18.2 Å². The fourth-order valence-electron chi connectivity index (χ4n) is 6.26. The van der Waals surface area contributed by atoms with E-state index in [-0.39, 0.29) is 23.8 Å². The molecule has 1 saturated heterocycles. The molecule has 4 bridgehead atoms. The molecule has 0 atom stereocenters. The molecule has 1 aromatic rings. The molecule has 6 rings (SSSR count). The minimum Gasteiger partial charge on any atom is -0.351 e. The Hall–Kier alpha value is -1.37. The number of carbonyl (C=O) groups excluding carboxylic acids is 2. The van der Waals surface area contributed by atoms with Gasteiger partial charge >= 0.3 is 0 Å². The number of amides is 2. The zero-order valence-corrected chi connectivity index (χ0v) is 19.1. The van der Waals surface area contributed by atoms with Gasteiger partial charge in [0.05, 0.1) is 4.91 Å². The standard InChI is InChI=1S/C23H25ClN2O2S2/c24-18-4-2-1-3-17(18)10-19-21(28)26(22(29)30-19)6-5-20(27)25-23-11-14-7-15(12-23)9-16(8-14)13-23/h1-4,10,14-16H,5-9,11-13H2,(H,25,27)/b19-10-. The molecule has 0 radical (unpaired) electrons. The van der Waals surface area contributed by atoms with Crippen molar-refractivity contribution in [3.05, 3.63) is 39.8 Å². The van der Waals surface area contributed by atoms with E-state index < -0.39 is 0 Å². The van der Waals surface area contributed by atoms with Gasteiger partial charge < -0.3 is 5.32 Å². The maximum absolute atomic E-state index is 12.8. The number of thiocarbonyl (C=S) groups is 1. The number of nitrogens with zero attached hydrogens (tertiary/aromatic N) is 1. The maximum Gasteiger partial charge on any atom is 0.266 e. The quantitative estimate of drug-likeness (QED) is 0.495. The van der Waals surface area contributed by atoms with Crippen molar-refractivity contribution in [1.82, 2.24) is 10.2 Å². The largest absolute Gasteiger partial charge is 0.351 e. The molecule has 5 aliphatic rings. The summed E-state index contributed by atoms with van der Waals surface area (Å²) in [6.07, 6.45) is 9.51. The molecule has 0 unspecified atom stereocenters. The van der Waals surface area contributed by atoms with E-state index >= 15 is 0 Å². The predicted octanol–water partition coefficient (Wildman–Crippen LogP) is 5.02. The summed E-state index contributed by atoms with van der Waals surface area (Å²) in [6.45, 7) is 0.322. The van der Waals surface area contributed by atoms with E-state index in [1.54, 1.807) is 17.0 Å². The molecular weight excluding hydrogens is 436 g/mol. The summed E-state index contributed by atoms with van der Waals surface area (Å²) in [7, 11) is 0. The van der Waals surface area contributed by atoms with Gasteiger partial charge in [-0.3, -0.25) is 14.5 Å². The lowest BCUT2D eigenvalue weighted by Crippen LogP contribution is -2.60. The van der Waals surface area contributed by atoms with Crippen LogP contribution >= 0.6 is 35.6 Å². The van der Waals surface area contributed by atoms with Crippen molar-refractivity contribution < 1.29 is 9.59 Å². The second-order valence-corrected chi connectivity index (χ2v) is 11.4. The molecule has 1 heterocycles. The van der Waals surface area contributed by atoms with E-state index in [0.29, 0.717) is 20.8 Å². The summed E-state index contributed by atoms with van der Waals surface area (Å²) >= 11 is 12.9. The van der Waals surface area contributed by atoms with Crippen LogP contribution in [0.25, 0.3) is 6.08 Å². The highest BCUT2D eigenvalue weighted by Gasteiger charge is 2.51. The zero-order valence-electron chi connectivity index (χ0n) is 16.7. The molecule has 30 heavy (non-hydrogen) atoms. The predicted molar refractivity (Wildman–Crippen MR) is 125 cm³/mol. The summed E-state index contributed by atoms with van der Waals surface area (Å²) in [6, 6.07) is 7.40. The second kappa shape index (κ2) is 7.95. The smallest absolute Gasteiger partial charge is 0.266 e. The van der Waals surface area contributed by atoms with Gasteiger partial charge in [0.1, 0.15) is 4.32 Å². The Morgan fingerprint density at radius 3 is 2.47 bits per heavy atom. The first kappa shape index (κ1) is 20.5. The molecule has 1 aromatic carbocycles. The van der Waals surface area contributed by atoms with Gasteiger partial charge in [-0.25, -0.2) is 0 Å². The van der Waals surface area contributed by atoms with Crippen molar-refractivity contribution in [3.8, 4) is 0 Å². The topological polar surface area (TPSA) is 49.4 Å². The van der Waals surface area contributed by atoms with Crippen LogP contribution in [0.3, 0.4) is 0 Å². The van der Waals surface area contributed by atoms with Crippen molar-refractivity contribution in [1.29, 1.82) is 0 Å². The molecule has 0 aromatic heterocycles. The van der Waals surface area contributed by atoms with E-state index in [0.717, 1.165) is 42.6 Å². The van der Waals surface area contributed by atoms with Gasteiger partial charge in [-0.15, -0.1) is 0 Å². The van der Waals surface area contributed by atoms with Gasteiger partial charge in [-0.2, -0.15) is 0 Å². The summed E-state index contributed by atoms with van der Waals surface area (Å²) in [5, 5.41) is 3.97. The van der Waals surface area contributed by atoms with Crippen molar-refractivity contribution in [3.63, 3.8) is 0 Å². The molecule has 0 spiro atoms. The molecule has 5 fully saturated rings. The van der Waals surface area contributed by atoms with Crippen LogP contribution in [-0.4, -0.2) is 33.1 Å². The molecule has 2 amide bonds. The van der Waals surface area contributed by atoms with E-state index in [4.69, 9.17) is 23.8 Å². The molecule has 4 aliphatic carbocycles. The maximum atomic E-state index is 12.8. The summed E-state index contributed by atoms with van der Waals surface area (Å²) in [5.41, 5.74) is 0.796. The highest BCUT2D eigenvalue weighted by Crippen LogP contribution is 2.55. The van der Waals surface area contributed by atoms with E-state index in [9.17, 15) is 9.59 Å². The lowest BCUT2D eigenvalue weighted by Gasteiger charge is -2.57. The minimum atomic E-state index is -0.146. The number of carbonyl (C=O) groups is 2. The van der Waals surface area contributed by atoms with Crippen LogP contribution in [0.2, 0.25) is 5.02 Å². The van der Waals surface area contributed by atoms with Crippen LogP contribution in [0.4, 0.5) is 0 Å². The third-order valence-electron chi connectivity index (χ3n) is 7.07. The number of hydrogen-bond acceptors (Lipinski definition) is 4. The fourth-order valence-corrected chi connectivity index (χ4v) is 7.75. The molecule has 7 heteroatoms. The molecule has 1 aliphatic heterocycles. The molecular formula is C23H25ClN2O2S2. The Bertz CT molecular complexity index is 910. The van der Waals surface area contributed by atoms with Crippen LogP contribution in [-0.2, 0) is 9.59 Å². The Balaban J connectivity index is 1.20. The third kappa shape index (κ3) is 3.94. The van der Waals surface area contributed by atoms with Crippen LogP contribution < -0.4 is 5.32 Å². The normalized spacial score (nSPS) is 33.6. The van der Waals surface area contributed by atoms with Gasteiger partial charge in [0.2, 0.25) is 5.91 Å². The zero-order chi connectivity index (χ0) is 20.9. The van der Waals surface area contributed by atoms with Crippen molar-refractivity contribution in [2.75, 3.05) is 6.54 Å². The Labute approximate surface area is 191 Å². The molecule has 1 N–H and O–H groups in total. The first-order chi connectivity index (χ1) is 14.4. The van der Waals surface area contributed by atoms with Gasteiger partial charge in [0, 0.05) is 23.5 Å². The number of hydrogen-bond donors (Lipinski definition) is 1. The van der Waals surface area contributed by atoms with Crippen LogP contribution in [0.5, 0.6) is 0 Å². The highest BCUT2D eigenvalue weighted by molar-refractivity contribution is 8.26. The van der Waals surface area contributed by atoms with Crippen molar-refractivity contribution in [2.45, 2.75) is 50.5 Å². The lowest BCUT2D eigenvalue weighted by atomic mass is 9.53. The average molecular weight is 461 g/mol. The van der Waals surface area contributed by atoms with Crippen LogP contribution in [0.15, 0.2) is 29.2 Å². The minimum absolute atomic E-state index is 0.00519. The lowest BCUT2D eigenvalue weighted by molar-refractivity contribution is -0.127. The molecule has 4 saturated carbocycles.